The molecule has 1 unspecified atom stereocenters. The van der Waals surface area contributed by atoms with Crippen LogP contribution in [0.4, 0.5) is 0 Å². The maximum absolute atomic E-state index is 5.40. The Morgan fingerprint density at radius 3 is 1.74 bits per heavy atom. The van der Waals surface area contributed by atoms with Crippen molar-refractivity contribution in [2.75, 3.05) is 0 Å². The van der Waals surface area contributed by atoms with Crippen LogP contribution in [0.25, 0.3) is 113 Å². The summed E-state index contributed by atoms with van der Waals surface area (Å²) in [4.78, 5) is 10.8. The number of nitrogens with one attached hydrogen (secondary N) is 1. The molecule has 1 aliphatic rings. The minimum Gasteiger partial charge on any atom is -0.344 e. The molecule has 14 aromatic rings. The second-order valence-electron chi connectivity index (χ2n) is 18.5. The number of nitrogens with zero attached hydrogens (tertiary/aromatic N) is 3. The van der Waals surface area contributed by atoms with Crippen molar-refractivity contribution in [2.24, 2.45) is 9.98 Å². The van der Waals surface area contributed by atoms with Crippen LogP contribution in [0.2, 0.25) is 0 Å². The first kappa shape index (κ1) is 39.1. The summed E-state index contributed by atoms with van der Waals surface area (Å²) in [7, 11) is 0. The van der Waals surface area contributed by atoms with Crippen LogP contribution in [0.15, 0.2) is 241 Å². The highest BCUT2D eigenvalue weighted by Gasteiger charge is 2.25. The Kier molecular flexibility index (Phi) is 8.56. The normalized spacial score (nSPS) is 14.1. The van der Waals surface area contributed by atoms with Gasteiger partial charge in [-0.1, -0.05) is 170 Å². The van der Waals surface area contributed by atoms with E-state index in [0.717, 1.165) is 33.8 Å². The van der Waals surface area contributed by atoms with Gasteiger partial charge in [0, 0.05) is 47.6 Å². The summed E-state index contributed by atoms with van der Waals surface area (Å²) < 4.78 is 5.02. The molecule has 1 aliphatic heterocycles. The fourth-order valence-electron chi connectivity index (χ4n) is 11.3. The van der Waals surface area contributed by atoms with Gasteiger partial charge >= 0.3 is 0 Å². The molecule has 15 rings (SSSR count). The Hall–Kier alpha value is -8.90. The maximum atomic E-state index is 5.40. The van der Waals surface area contributed by atoms with Crippen LogP contribution in [0.5, 0.6) is 0 Å². The van der Waals surface area contributed by atoms with Gasteiger partial charge in [-0.25, -0.2) is 9.98 Å². The quantitative estimate of drug-likeness (QED) is 0.172. The lowest BCUT2D eigenvalue weighted by Crippen LogP contribution is -2.33. The van der Waals surface area contributed by atoms with Crippen LogP contribution in [0.1, 0.15) is 22.9 Å². The van der Waals surface area contributed by atoms with Gasteiger partial charge in [-0.3, -0.25) is 0 Å². The standard InChI is InChI=1S/C65H40N4S/c1-2-15-39(16-3-1)63-66-64(44-29-31-50-48-23-9-8-21-46(48)47-22-10-11-24-49(47)53(50)35-44)68-65(67-63)45-30-32-58(69-57-27-13-12-25-51(57)54-33-40-17-4-6-19-42(40)37-59(54)69)55(36-45)52-26-14-28-60-62(52)56-34-41-18-5-7-20-43(41)38-61(56)70-60/h1-38,64H,(H,66,67,68). The van der Waals surface area contributed by atoms with Crippen molar-refractivity contribution in [1.29, 1.82) is 0 Å². The van der Waals surface area contributed by atoms with Gasteiger partial charge in [0.05, 0.1) is 16.7 Å². The number of aliphatic imine (C=N–C) groups is 2. The molecule has 12 aromatic carbocycles. The van der Waals surface area contributed by atoms with Gasteiger partial charge in [-0.15, -0.1) is 11.3 Å². The molecule has 5 heteroatoms. The van der Waals surface area contributed by atoms with Gasteiger partial charge < -0.3 is 9.88 Å². The lowest BCUT2D eigenvalue weighted by molar-refractivity contribution is 0.675. The first-order valence-electron chi connectivity index (χ1n) is 23.9. The van der Waals surface area contributed by atoms with E-state index in [1.807, 2.05) is 17.4 Å². The van der Waals surface area contributed by atoms with Crippen molar-refractivity contribution in [3.63, 3.8) is 0 Å². The molecule has 0 radical (unpaired) electrons. The van der Waals surface area contributed by atoms with Crippen LogP contribution in [-0.4, -0.2) is 16.2 Å². The summed E-state index contributed by atoms with van der Waals surface area (Å²) in [5.41, 5.74) is 8.78. The number of rotatable bonds is 5. The zero-order valence-corrected chi connectivity index (χ0v) is 38.6. The summed E-state index contributed by atoms with van der Waals surface area (Å²) in [6.07, 6.45) is -0.399. The minimum atomic E-state index is -0.399. The number of fused-ring (bicyclic) bond motifs is 14. The number of benzene rings is 12. The third-order valence-electron chi connectivity index (χ3n) is 14.6. The van der Waals surface area contributed by atoms with Gasteiger partial charge in [-0.2, -0.15) is 0 Å². The molecular formula is C65H40N4S. The van der Waals surface area contributed by atoms with Gasteiger partial charge in [0.1, 0.15) is 12.0 Å². The molecule has 0 spiro atoms. The average molecular weight is 909 g/mol. The highest BCUT2D eigenvalue weighted by molar-refractivity contribution is 7.26. The SMILES string of the molecule is c1ccc(C2=NC(c3ccc4c5ccccc5c5ccccc5c4c3)NC(c3ccc(-n4c5ccccc5c5cc6ccccc6cc54)c(-c4cccc5sc6cc7ccccc7cc6c45)c3)=N2)cc1. The fourth-order valence-corrected chi connectivity index (χ4v) is 12.5. The van der Waals surface area contributed by atoms with Crippen LogP contribution in [0.3, 0.4) is 0 Å². The molecule has 2 aromatic heterocycles. The molecule has 0 aliphatic carbocycles. The highest BCUT2D eigenvalue weighted by atomic mass is 32.1. The number of amidine groups is 2. The minimum absolute atomic E-state index is 0.399. The van der Waals surface area contributed by atoms with E-state index in [-0.39, 0.29) is 0 Å². The summed E-state index contributed by atoms with van der Waals surface area (Å²) in [5, 5.41) is 21.3. The van der Waals surface area contributed by atoms with Crippen molar-refractivity contribution in [3.8, 4) is 16.8 Å². The topological polar surface area (TPSA) is 41.7 Å². The predicted molar refractivity (Wildman–Crippen MR) is 298 cm³/mol. The highest BCUT2D eigenvalue weighted by Crippen LogP contribution is 2.45. The van der Waals surface area contributed by atoms with E-state index >= 15 is 0 Å². The molecule has 1 atom stereocenters. The van der Waals surface area contributed by atoms with E-state index in [9.17, 15) is 0 Å². The third-order valence-corrected chi connectivity index (χ3v) is 15.7. The number of para-hydroxylation sites is 1. The molecule has 0 fully saturated rings. The Balaban J connectivity index is 0.974. The Morgan fingerprint density at radius 1 is 0.386 bits per heavy atom. The Labute approximate surface area is 406 Å². The smallest absolute Gasteiger partial charge is 0.159 e. The Bertz CT molecular complexity index is 4540. The van der Waals surface area contributed by atoms with Crippen molar-refractivity contribution in [3.05, 3.63) is 247 Å². The van der Waals surface area contributed by atoms with Gasteiger partial charge in [0.2, 0.25) is 0 Å². The molecule has 0 amide bonds. The monoisotopic (exact) mass is 908 g/mol. The van der Waals surface area contributed by atoms with Crippen molar-refractivity contribution < 1.29 is 0 Å². The summed E-state index contributed by atoms with van der Waals surface area (Å²) in [6, 6.07) is 84.2. The van der Waals surface area contributed by atoms with Crippen molar-refractivity contribution in [1.82, 2.24) is 9.88 Å². The van der Waals surface area contributed by atoms with E-state index in [1.165, 1.54) is 101 Å². The van der Waals surface area contributed by atoms with Crippen LogP contribution < -0.4 is 5.32 Å². The summed E-state index contributed by atoms with van der Waals surface area (Å²) in [6.45, 7) is 0. The van der Waals surface area contributed by atoms with Crippen LogP contribution >= 0.6 is 11.3 Å². The summed E-state index contributed by atoms with van der Waals surface area (Å²) >= 11 is 1.87. The van der Waals surface area contributed by atoms with E-state index in [4.69, 9.17) is 9.98 Å². The first-order chi connectivity index (χ1) is 34.7. The van der Waals surface area contributed by atoms with Crippen LogP contribution in [0, 0.1) is 0 Å². The molecular weight excluding hydrogens is 869 g/mol. The number of thiophene rings is 1. The van der Waals surface area contributed by atoms with Crippen LogP contribution in [-0.2, 0) is 0 Å². The molecule has 1 N–H and O–H groups in total. The maximum Gasteiger partial charge on any atom is 0.159 e. The fraction of sp³-hybridized carbons (Fsp3) is 0.0154. The zero-order chi connectivity index (χ0) is 45.9. The second kappa shape index (κ2) is 15.3. The van der Waals surface area contributed by atoms with E-state index < -0.39 is 6.17 Å². The van der Waals surface area contributed by atoms with E-state index in [1.54, 1.807) is 0 Å². The van der Waals surface area contributed by atoms with Gasteiger partial charge in [0.15, 0.2) is 5.84 Å². The molecule has 3 heterocycles. The number of aromatic nitrogens is 1. The molecule has 0 saturated heterocycles. The zero-order valence-electron chi connectivity index (χ0n) is 37.8. The lowest BCUT2D eigenvalue weighted by atomic mass is 9.92. The Morgan fingerprint density at radius 2 is 1.00 bits per heavy atom. The number of hydrogen-bond donors (Lipinski definition) is 1. The average Bonchev–Trinajstić information content (AvgIpc) is 3.96. The number of hydrogen-bond acceptors (Lipinski definition) is 4. The molecule has 0 bridgehead atoms. The summed E-state index contributed by atoms with van der Waals surface area (Å²) in [5.74, 6) is 1.47. The second-order valence-corrected chi connectivity index (χ2v) is 19.6. The first-order valence-corrected chi connectivity index (χ1v) is 24.7. The lowest BCUT2D eigenvalue weighted by Gasteiger charge is -2.25. The third kappa shape index (κ3) is 6.02. The van der Waals surface area contributed by atoms with Gasteiger partial charge in [0.25, 0.3) is 0 Å². The molecule has 70 heavy (non-hydrogen) atoms. The molecule has 4 nitrogen and oxygen atoms in total. The van der Waals surface area contributed by atoms with Crippen molar-refractivity contribution in [2.45, 2.75) is 6.17 Å². The van der Waals surface area contributed by atoms with Crippen molar-refractivity contribution >= 4 is 119 Å². The largest absolute Gasteiger partial charge is 0.344 e. The van der Waals surface area contributed by atoms with Gasteiger partial charge in [-0.05, 0) is 126 Å². The predicted octanol–water partition coefficient (Wildman–Crippen LogP) is 17.1. The molecule has 0 saturated carbocycles. The van der Waals surface area contributed by atoms with E-state index in [2.05, 4.69) is 234 Å². The molecule has 326 valence electrons. The van der Waals surface area contributed by atoms with E-state index in [0.29, 0.717) is 5.84 Å².